The summed E-state index contributed by atoms with van der Waals surface area (Å²) in [5.41, 5.74) is 3.29. The predicted octanol–water partition coefficient (Wildman–Crippen LogP) is 3.71. The zero-order chi connectivity index (χ0) is 14.8. The quantitative estimate of drug-likeness (QED) is 0.801. The number of nitrogens with zero attached hydrogens (tertiary/aromatic N) is 2. The average Bonchev–Trinajstić information content (AvgIpc) is 3.10. The highest BCUT2D eigenvalue weighted by molar-refractivity contribution is 7.13. The average molecular weight is 297 g/mol. The Morgan fingerprint density at radius 1 is 1.24 bits per heavy atom. The van der Waals surface area contributed by atoms with Crippen molar-refractivity contribution in [1.82, 2.24) is 9.78 Å². The van der Waals surface area contributed by atoms with Gasteiger partial charge < -0.3 is 5.32 Å². The first-order chi connectivity index (χ1) is 10.1. The molecule has 0 fully saturated rings. The van der Waals surface area contributed by atoms with Crippen molar-refractivity contribution in [3.63, 3.8) is 0 Å². The van der Waals surface area contributed by atoms with Crippen molar-refractivity contribution < 1.29 is 4.79 Å². The number of amides is 1. The smallest absolute Gasteiger partial charge is 0.276 e. The minimum absolute atomic E-state index is 0.197. The molecule has 2 heterocycles. The summed E-state index contributed by atoms with van der Waals surface area (Å²) in [7, 11) is 1.84. The van der Waals surface area contributed by atoms with Gasteiger partial charge in [-0.1, -0.05) is 23.8 Å². The lowest BCUT2D eigenvalue weighted by Gasteiger charge is -2.02. The fraction of sp³-hybridized carbons (Fsp3) is 0.125. The molecule has 21 heavy (non-hydrogen) atoms. The molecule has 0 spiro atoms. The van der Waals surface area contributed by atoms with Crippen molar-refractivity contribution in [2.45, 2.75) is 6.92 Å². The predicted molar refractivity (Wildman–Crippen MR) is 85.7 cm³/mol. The number of hydrogen-bond donors (Lipinski definition) is 1. The molecule has 0 bridgehead atoms. The number of thiophene rings is 1. The highest BCUT2D eigenvalue weighted by atomic mass is 32.1. The van der Waals surface area contributed by atoms with Gasteiger partial charge >= 0.3 is 0 Å². The number of aromatic nitrogens is 2. The van der Waals surface area contributed by atoms with Crippen molar-refractivity contribution in [3.05, 3.63) is 59.1 Å². The van der Waals surface area contributed by atoms with E-state index in [1.165, 1.54) is 0 Å². The van der Waals surface area contributed by atoms with Crippen LogP contribution in [0.4, 0.5) is 5.69 Å². The Bertz CT molecular complexity index is 757. The maximum absolute atomic E-state index is 12.3. The van der Waals surface area contributed by atoms with Crippen LogP contribution in [0.5, 0.6) is 0 Å². The Morgan fingerprint density at radius 2 is 2.00 bits per heavy atom. The summed E-state index contributed by atoms with van der Waals surface area (Å²) in [5, 5.41) is 9.16. The molecular weight excluding hydrogens is 282 g/mol. The van der Waals surface area contributed by atoms with E-state index in [9.17, 15) is 4.79 Å². The van der Waals surface area contributed by atoms with Gasteiger partial charge in [-0.05, 0) is 36.6 Å². The Kier molecular flexibility index (Phi) is 3.58. The number of nitrogens with one attached hydrogen (secondary N) is 1. The lowest BCUT2D eigenvalue weighted by molar-refractivity contribution is 0.102. The molecule has 0 aliphatic heterocycles. The molecule has 0 saturated carbocycles. The fourth-order valence-corrected chi connectivity index (χ4v) is 2.84. The lowest BCUT2D eigenvalue weighted by Crippen LogP contribution is -2.12. The molecule has 1 amide bonds. The number of hydrogen-bond acceptors (Lipinski definition) is 3. The molecule has 3 rings (SSSR count). The number of benzene rings is 1. The molecule has 0 saturated heterocycles. The van der Waals surface area contributed by atoms with Gasteiger partial charge in [-0.2, -0.15) is 5.10 Å². The standard InChI is InChI=1S/C16H15N3OS/c1-11-5-7-12(8-6-11)17-16(20)13-10-14(19(2)18-13)15-4-3-9-21-15/h3-10H,1-2H3,(H,17,20). The highest BCUT2D eigenvalue weighted by Crippen LogP contribution is 2.25. The number of aryl methyl sites for hydroxylation is 2. The van der Waals surface area contributed by atoms with Gasteiger partial charge in [0.2, 0.25) is 0 Å². The van der Waals surface area contributed by atoms with Crippen LogP contribution in [0, 0.1) is 6.92 Å². The minimum Gasteiger partial charge on any atom is -0.321 e. The zero-order valence-corrected chi connectivity index (χ0v) is 12.6. The van der Waals surface area contributed by atoms with Crippen molar-refractivity contribution in [2.24, 2.45) is 7.05 Å². The van der Waals surface area contributed by atoms with Crippen LogP contribution < -0.4 is 5.32 Å². The molecule has 2 aromatic heterocycles. The van der Waals surface area contributed by atoms with Crippen molar-refractivity contribution in [3.8, 4) is 10.6 Å². The molecule has 1 aromatic carbocycles. The summed E-state index contributed by atoms with van der Waals surface area (Å²) in [6, 6.07) is 13.5. The first-order valence-electron chi connectivity index (χ1n) is 6.59. The monoisotopic (exact) mass is 297 g/mol. The fourth-order valence-electron chi connectivity index (χ4n) is 2.07. The Hall–Kier alpha value is -2.40. The van der Waals surface area contributed by atoms with Gasteiger partial charge in [0.15, 0.2) is 5.69 Å². The maximum Gasteiger partial charge on any atom is 0.276 e. The lowest BCUT2D eigenvalue weighted by atomic mass is 10.2. The Labute approximate surface area is 127 Å². The van der Waals surface area contributed by atoms with Gasteiger partial charge in [-0.3, -0.25) is 9.48 Å². The molecular formula is C16H15N3OS. The van der Waals surface area contributed by atoms with Crippen molar-refractivity contribution >= 4 is 22.9 Å². The van der Waals surface area contributed by atoms with Crippen LogP contribution in [0.15, 0.2) is 47.8 Å². The van der Waals surface area contributed by atoms with E-state index in [4.69, 9.17) is 0 Å². The maximum atomic E-state index is 12.3. The van der Waals surface area contributed by atoms with E-state index in [-0.39, 0.29) is 5.91 Å². The third-order valence-electron chi connectivity index (χ3n) is 3.20. The summed E-state index contributed by atoms with van der Waals surface area (Å²) in [4.78, 5) is 13.3. The summed E-state index contributed by atoms with van der Waals surface area (Å²) < 4.78 is 1.73. The van der Waals surface area contributed by atoms with Gasteiger partial charge in [0.05, 0.1) is 10.6 Å². The normalized spacial score (nSPS) is 10.6. The molecule has 4 nitrogen and oxygen atoms in total. The Balaban J connectivity index is 1.82. The summed E-state index contributed by atoms with van der Waals surface area (Å²) in [5.74, 6) is -0.197. The van der Waals surface area contributed by atoms with Gasteiger partial charge in [-0.15, -0.1) is 11.3 Å². The molecule has 1 N–H and O–H groups in total. The van der Waals surface area contributed by atoms with E-state index in [1.807, 2.05) is 61.8 Å². The van der Waals surface area contributed by atoms with Crippen LogP contribution in [0.2, 0.25) is 0 Å². The zero-order valence-electron chi connectivity index (χ0n) is 11.8. The van der Waals surface area contributed by atoms with Gasteiger partial charge in [0.25, 0.3) is 5.91 Å². The van der Waals surface area contributed by atoms with Crippen LogP contribution in [0.1, 0.15) is 16.1 Å². The van der Waals surface area contributed by atoms with Crippen LogP contribution in [0.25, 0.3) is 10.6 Å². The summed E-state index contributed by atoms with van der Waals surface area (Å²) >= 11 is 1.63. The first kappa shape index (κ1) is 13.6. The third kappa shape index (κ3) is 2.87. The number of rotatable bonds is 3. The van der Waals surface area contributed by atoms with Crippen molar-refractivity contribution in [2.75, 3.05) is 5.32 Å². The number of anilines is 1. The van der Waals surface area contributed by atoms with E-state index in [2.05, 4.69) is 10.4 Å². The molecule has 0 unspecified atom stereocenters. The highest BCUT2D eigenvalue weighted by Gasteiger charge is 2.14. The second kappa shape index (κ2) is 5.54. The van der Waals surface area contributed by atoms with Gasteiger partial charge in [0, 0.05) is 12.7 Å². The summed E-state index contributed by atoms with van der Waals surface area (Å²) in [6.07, 6.45) is 0. The largest absolute Gasteiger partial charge is 0.321 e. The topological polar surface area (TPSA) is 46.9 Å². The Morgan fingerprint density at radius 3 is 2.67 bits per heavy atom. The van der Waals surface area contributed by atoms with Crippen LogP contribution in [-0.4, -0.2) is 15.7 Å². The molecule has 106 valence electrons. The molecule has 0 radical (unpaired) electrons. The van der Waals surface area contributed by atoms with Crippen LogP contribution >= 0.6 is 11.3 Å². The summed E-state index contributed by atoms with van der Waals surface area (Å²) in [6.45, 7) is 2.01. The van der Waals surface area contributed by atoms with E-state index < -0.39 is 0 Å². The van der Waals surface area contributed by atoms with E-state index in [0.717, 1.165) is 21.8 Å². The molecule has 5 heteroatoms. The molecule has 0 atom stereocenters. The van der Waals surface area contributed by atoms with E-state index in [0.29, 0.717) is 5.69 Å². The minimum atomic E-state index is -0.197. The van der Waals surface area contributed by atoms with Crippen LogP contribution in [-0.2, 0) is 7.05 Å². The molecule has 0 aliphatic rings. The van der Waals surface area contributed by atoms with Gasteiger partial charge in [0.1, 0.15) is 0 Å². The second-order valence-corrected chi connectivity index (χ2v) is 5.78. The van der Waals surface area contributed by atoms with Crippen LogP contribution in [0.3, 0.4) is 0 Å². The van der Waals surface area contributed by atoms with Crippen molar-refractivity contribution in [1.29, 1.82) is 0 Å². The molecule has 0 aliphatic carbocycles. The number of carbonyl (C=O) groups is 1. The SMILES string of the molecule is Cc1ccc(NC(=O)c2cc(-c3cccs3)n(C)n2)cc1. The third-order valence-corrected chi connectivity index (χ3v) is 4.09. The second-order valence-electron chi connectivity index (χ2n) is 4.84. The first-order valence-corrected chi connectivity index (χ1v) is 7.47. The van der Waals surface area contributed by atoms with E-state index >= 15 is 0 Å². The van der Waals surface area contributed by atoms with E-state index in [1.54, 1.807) is 16.0 Å². The van der Waals surface area contributed by atoms with Gasteiger partial charge in [-0.25, -0.2) is 0 Å². The number of carbonyl (C=O) groups excluding carboxylic acids is 1. The molecule has 3 aromatic rings.